The van der Waals surface area contributed by atoms with Gasteiger partial charge in [0.15, 0.2) is 0 Å². The topological polar surface area (TPSA) is 31.4 Å². The number of pyridine rings is 1. The summed E-state index contributed by atoms with van der Waals surface area (Å²) in [6, 6.07) is 57.0. The van der Waals surface area contributed by atoms with E-state index in [2.05, 4.69) is 185 Å². The van der Waals surface area contributed by atoms with Crippen LogP contribution in [0.3, 0.4) is 0 Å². The van der Waals surface area contributed by atoms with E-state index >= 15 is 0 Å². The fourth-order valence-corrected chi connectivity index (χ4v) is 8.02. The molecule has 7 aromatic rings. The molecule has 1 fully saturated rings. The maximum Gasteiger partial charge on any atom is 0.494 e. The van der Waals surface area contributed by atoms with E-state index in [9.17, 15) is 0 Å². The van der Waals surface area contributed by atoms with Crippen molar-refractivity contribution in [3.8, 4) is 33.5 Å². The van der Waals surface area contributed by atoms with Crippen molar-refractivity contribution in [2.24, 2.45) is 0 Å². The molecule has 0 atom stereocenters. The summed E-state index contributed by atoms with van der Waals surface area (Å²) in [5, 5.41) is 1.20. The van der Waals surface area contributed by atoms with Crippen molar-refractivity contribution >= 4 is 23.5 Å². The number of benzene rings is 6. The maximum absolute atomic E-state index is 6.38. The van der Waals surface area contributed by atoms with Crippen LogP contribution in [0.2, 0.25) is 0 Å². The van der Waals surface area contributed by atoms with E-state index in [1.807, 2.05) is 0 Å². The van der Waals surface area contributed by atoms with Crippen LogP contribution in [-0.4, -0.2) is 23.3 Å². The lowest BCUT2D eigenvalue weighted by Crippen LogP contribution is -2.41. The van der Waals surface area contributed by atoms with Crippen molar-refractivity contribution in [2.75, 3.05) is 0 Å². The summed E-state index contributed by atoms with van der Waals surface area (Å²) in [6.45, 7) is 8.37. The van der Waals surface area contributed by atoms with Crippen LogP contribution < -0.4 is 5.46 Å². The molecule has 4 heteroatoms. The van der Waals surface area contributed by atoms with Gasteiger partial charge in [0, 0.05) is 10.9 Å². The number of aromatic nitrogens is 1. The Balaban J connectivity index is 1.20. The van der Waals surface area contributed by atoms with Gasteiger partial charge in [-0.05, 0) is 95.9 Å². The van der Waals surface area contributed by atoms with Gasteiger partial charge in [-0.25, -0.2) is 4.98 Å². The SMILES string of the molecule is CC1(C)OB(c2cccc(-c3cccc(-c4cc5c6c(cccc6n4)C(c4ccccc4)(c4ccccc4)c4ccccc4-5)c3)c2)OC1(C)C. The van der Waals surface area contributed by atoms with E-state index < -0.39 is 23.7 Å². The monoisotopic (exact) mass is 647 g/mol. The normalized spacial score (nSPS) is 16.7. The molecule has 1 aliphatic heterocycles. The zero-order valence-electron chi connectivity index (χ0n) is 28.9. The minimum absolute atomic E-state index is 0.393. The second kappa shape index (κ2) is 11.4. The van der Waals surface area contributed by atoms with Gasteiger partial charge in [0.1, 0.15) is 0 Å². The van der Waals surface area contributed by atoms with Gasteiger partial charge in [0.25, 0.3) is 0 Å². The third-order valence-electron chi connectivity index (χ3n) is 11.2. The number of rotatable bonds is 5. The quantitative estimate of drug-likeness (QED) is 0.174. The fourth-order valence-electron chi connectivity index (χ4n) is 8.02. The van der Waals surface area contributed by atoms with E-state index in [0.29, 0.717) is 0 Å². The van der Waals surface area contributed by atoms with Gasteiger partial charge >= 0.3 is 7.12 Å². The van der Waals surface area contributed by atoms with Gasteiger partial charge in [-0.2, -0.15) is 0 Å². The lowest BCUT2D eigenvalue weighted by atomic mass is 9.60. The molecule has 50 heavy (non-hydrogen) atoms. The maximum atomic E-state index is 6.38. The van der Waals surface area contributed by atoms with Gasteiger partial charge in [-0.3, -0.25) is 0 Å². The molecule has 9 rings (SSSR count). The first-order chi connectivity index (χ1) is 24.3. The molecule has 0 amide bonds. The number of fused-ring (bicyclic) bond motifs is 2. The van der Waals surface area contributed by atoms with Crippen molar-refractivity contribution in [1.82, 2.24) is 4.98 Å². The Bertz CT molecular complexity index is 2340. The van der Waals surface area contributed by atoms with Gasteiger partial charge < -0.3 is 9.31 Å². The second-order valence-electron chi connectivity index (χ2n) is 14.6. The molecule has 0 N–H and O–H groups in total. The van der Waals surface area contributed by atoms with Crippen LogP contribution in [0.5, 0.6) is 0 Å². The fraction of sp³-hybridized carbons (Fsp3) is 0.152. The Morgan fingerprint density at radius 2 is 1.04 bits per heavy atom. The standard InChI is InChI=1S/C46H38BNO2/c1-44(2)45(3,4)50-47(49-44)36-23-14-17-32(29-36)31-16-13-18-33(28-31)42-30-38-37-24-11-12-25-39(37)46(34-19-7-5-8-20-34,35-21-9-6-10-22-35)40-26-15-27-41(48-42)43(38)40/h5-30H,1-4H3. The minimum Gasteiger partial charge on any atom is -0.399 e. The number of hydrogen-bond acceptors (Lipinski definition) is 3. The van der Waals surface area contributed by atoms with Crippen LogP contribution in [0.1, 0.15) is 49.9 Å². The van der Waals surface area contributed by atoms with Crippen LogP contribution in [-0.2, 0) is 14.7 Å². The van der Waals surface area contributed by atoms with Crippen LogP contribution >= 0.6 is 0 Å². The smallest absolute Gasteiger partial charge is 0.399 e. The van der Waals surface area contributed by atoms with Crippen molar-refractivity contribution in [3.63, 3.8) is 0 Å². The average molecular weight is 648 g/mol. The zero-order valence-corrected chi connectivity index (χ0v) is 28.9. The highest BCUT2D eigenvalue weighted by molar-refractivity contribution is 6.62. The summed E-state index contributed by atoms with van der Waals surface area (Å²) in [7, 11) is -0.411. The Hall–Kier alpha value is -5.29. The van der Waals surface area contributed by atoms with Gasteiger partial charge in [0.05, 0.1) is 27.8 Å². The molecule has 3 nitrogen and oxygen atoms in total. The molecule has 0 unspecified atom stereocenters. The summed E-state index contributed by atoms with van der Waals surface area (Å²) in [6.07, 6.45) is 0. The molecule has 1 aliphatic carbocycles. The third-order valence-corrected chi connectivity index (χ3v) is 11.2. The van der Waals surface area contributed by atoms with Crippen LogP contribution in [0.4, 0.5) is 0 Å². The summed E-state index contributed by atoms with van der Waals surface area (Å²) < 4.78 is 12.8. The highest BCUT2D eigenvalue weighted by atomic mass is 16.7. The lowest BCUT2D eigenvalue weighted by Gasteiger charge is -2.42. The molecule has 0 saturated carbocycles. The largest absolute Gasteiger partial charge is 0.494 e. The zero-order chi connectivity index (χ0) is 34.1. The van der Waals surface area contributed by atoms with E-state index in [1.165, 1.54) is 38.8 Å². The van der Waals surface area contributed by atoms with E-state index in [0.717, 1.165) is 33.4 Å². The first-order valence-corrected chi connectivity index (χ1v) is 17.5. The molecule has 0 spiro atoms. The second-order valence-corrected chi connectivity index (χ2v) is 14.6. The Morgan fingerprint density at radius 3 is 1.74 bits per heavy atom. The van der Waals surface area contributed by atoms with Crippen LogP contribution in [0.25, 0.3) is 44.4 Å². The number of hydrogen-bond donors (Lipinski definition) is 0. The van der Waals surface area contributed by atoms with Crippen molar-refractivity contribution < 1.29 is 9.31 Å². The van der Waals surface area contributed by atoms with Crippen molar-refractivity contribution in [2.45, 2.75) is 44.3 Å². The Labute approximate surface area is 294 Å². The van der Waals surface area contributed by atoms with Crippen LogP contribution in [0.15, 0.2) is 158 Å². The van der Waals surface area contributed by atoms with E-state index in [-0.39, 0.29) is 0 Å². The molecule has 1 saturated heterocycles. The average Bonchev–Trinajstić information content (AvgIpc) is 3.38. The molecule has 6 aromatic carbocycles. The lowest BCUT2D eigenvalue weighted by molar-refractivity contribution is 0.00578. The molecule has 1 aromatic heterocycles. The first-order valence-electron chi connectivity index (χ1n) is 17.5. The van der Waals surface area contributed by atoms with Gasteiger partial charge in [0.2, 0.25) is 0 Å². The highest BCUT2D eigenvalue weighted by Gasteiger charge is 2.51. The van der Waals surface area contributed by atoms with Crippen molar-refractivity contribution in [3.05, 3.63) is 180 Å². The highest BCUT2D eigenvalue weighted by Crippen LogP contribution is 2.55. The first kappa shape index (κ1) is 30.7. The van der Waals surface area contributed by atoms with Gasteiger partial charge in [-0.1, -0.05) is 140 Å². The Kier molecular flexibility index (Phi) is 7.00. The minimum atomic E-state index is -0.489. The summed E-state index contributed by atoms with van der Waals surface area (Å²) in [5.41, 5.74) is 12.5. The summed E-state index contributed by atoms with van der Waals surface area (Å²) in [5.74, 6) is 0. The summed E-state index contributed by atoms with van der Waals surface area (Å²) >= 11 is 0. The van der Waals surface area contributed by atoms with Gasteiger partial charge in [-0.15, -0.1) is 0 Å². The molecule has 2 heterocycles. The summed E-state index contributed by atoms with van der Waals surface area (Å²) in [4.78, 5) is 5.38. The molecule has 0 bridgehead atoms. The molecule has 0 radical (unpaired) electrons. The molecular weight excluding hydrogens is 609 g/mol. The van der Waals surface area contributed by atoms with Crippen molar-refractivity contribution in [1.29, 1.82) is 0 Å². The van der Waals surface area contributed by atoms with E-state index in [4.69, 9.17) is 14.3 Å². The number of nitrogens with zero attached hydrogens (tertiary/aromatic N) is 1. The third kappa shape index (κ3) is 4.63. The predicted molar refractivity (Wildman–Crippen MR) is 206 cm³/mol. The Morgan fingerprint density at radius 1 is 0.480 bits per heavy atom. The van der Waals surface area contributed by atoms with Crippen LogP contribution in [0, 0.1) is 0 Å². The molecule has 2 aliphatic rings. The molecule has 242 valence electrons. The predicted octanol–water partition coefficient (Wildman–Crippen LogP) is 10.2. The van der Waals surface area contributed by atoms with E-state index in [1.54, 1.807) is 0 Å². The molecular formula is C46H38BNO2.